The molecule has 234 valence electrons. The topological polar surface area (TPSA) is 249 Å². The third-order valence-corrected chi connectivity index (χ3v) is 7.62. The highest BCUT2D eigenvalue weighted by Crippen LogP contribution is 2.44. The average Bonchev–Trinajstić information content (AvgIpc) is 3.00. The third kappa shape index (κ3) is 5.56. The monoisotopic (exact) mass is 608 g/mol. The maximum Gasteiger partial charge on any atom is 0.229 e. The Morgan fingerprint density at radius 1 is 0.791 bits per heavy atom. The van der Waals surface area contributed by atoms with Crippen molar-refractivity contribution in [2.24, 2.45) is 0 Å². The molecule has 3 aromatic rings. The Balaban J connectivity index is 1.52. The van der Waals surface area contributed by atoms with Gasteiger partial charge in [-0.25, -0.2) is 0 Å². The summed E-state index contributed by atoms with van der Waals surface area (Å²) in [5, 5.41) is 90.9. The minimum absolute atomic E-state index is 0.00427. The van der Waals surface area contributed by atoms with Crippen LogP contribution in [0.1, 0.15) is 11.7 Å². The average molecular weight is 609 g/mol. The number of fused-ring (bicyclic) bond motifs is 1. The first kappa shape index (κ1) is 31.1. The van der Waals surface area contributed by atoms with E-state index in [2.05, 4.69) is 0 Å². The number of methoxy groups -OCH3 is 1. The smallest absolute Gasteiger partial charge is 0.229 e. The van der Waals surface area contributed by atoms with Crippen LogP contribution in [0, 0.1) is 0 Å². The second kappa shape index (κ2) is 12.3. The highest BCUT2D eigenvalue weighted by molar-refractivity contribution is 5.89. The Labute approximate surface area is 242 Å². The summed E-state index contributed by atoms with van der Waals surface area (Å²) in [6.07, 6.45) is -15.3. The summed E-state index contributed by atoms with van der Waals surface area (Å²) < 4.78 is 28.0. The SMILES string of the molecule is COc1cc(O)c2c(=O)cc(-c3ccc(O[C@@H]4O[C@H](CO)[C@@H](O)[C@H](O)[C@@H]4O)cc3)oc2c1[C@@H]1O[C@H](CO)[C@@H](O)[C@H](O)[C@H]1O. The zero-order valence-corrected chi connectivity index (χ0v) is 22.6. The molecule has 0 amide bonds. The van der Waals surface area contributed by atoms with Crippen LogP contribution in [-0.2, 0) is 9.47 Å². The van der Waals surface area contributed by atoms with E-state index in [1.807, 2.05) is 0 Å². The van der Waals surface area contributed by atoms with Gasteiger partial charge in [-0.3, -0.25) is 4.79 Å². The quantitative estimate of drug-likeness (QED) is 0.139. The van der Waals surface area contributed by atoms with Gasteiger partial charge in [0.05, 0.1) is 25.9 Å². The van der Waals surface area contributed by atoms with Gasteiger partial charge in [0, 0.05) is 17.7 Å². The molecule has 0 spiro atoms. The van der Waals surface area contributed by atoms with Gasteiger partial charge in [-0.05, 0) is 24.3 Å². The number of phenolic OH excluding ortho intramolecular Hbond substituents is 1. The fraction of sp³-hybridized carbons (Fsp3) is 0.464. The van der Waals surface area contributed by atoms with Gasteiger partial charge >= 0.3 is 0 Å². The molecule has 2 aliphatic heterocycles. The van der Waals surface area contributed by atoms with Gasteiger partial charge < -0.3 is 69.3 Å². The molecule has 2 aromatic carbocycles. The first-order chi connectivity index (χ1) is 20.5. The largest absolute Gasteiger partial charge is 0.507 e. The minimum atomic E-state index is -1.74. The molecule has 15 heteroatoms. The number of benzene rings is 2. The van der Waals surface area contributed by atoms with Gasteiger partial charge in [0.1, 0.15) is 83.3 Å². The van der Waals surface area contributed by atoms with Crippen LogP contribution in [0.4, 0.5) is 0 Å². The van der Waals surface area contributed by atoms with E-state index in [4.69, 9.17) is 23.4 Å². The summed E-state index contributed by atoms with van der Waals surface area (Å²) in [6, 6.07) is 8.05. The highest BCUT2D eigenvalue weighted by Gasteiger charge is 2.47. The molecule has 2 aliphatic rings. The lowest BCUT2D eigenvalue weighted by atomic mass is 9.89. The van der Waals surface area contributed by atoms with E-state index in [1.165, 1.54) is 31.4 Å². The molecule has 15 nitrogen and oxygen atoms in total. The number of aliphatic hydroxyl groups excluding tert-OH is 8. The number of ether oxygens (including phenoxy) is 4. The molecule has 9 N–H and O–H groups in total. The molecule has 0 unspecified atom stereocenters. The third-order valence-electron chi connectivity index (χ3n) is 7.62. The van der Waals surface area contributed by atoms with Crippen molar-refractivity contribution in [3.8, 4) is 28.6 Å². The molecule has 10 atom stereocenters. The maximum absolute atomic E-state index is 13.2. The number of hydrogen-bond acceptors (Lipinski definition) is 15. The Hall–Kier alpha value is -3.35. The summed E-state index contributed by atoms with van der Waals surface area (Å²) in [4.78, 5) is 13.2. The first-order valence-corrected chi connectivity index (χ1v) is 13.3. The zero-order chi connectivity index (χ0) is 31.2. The van der Waals surface area contributed by atoms with Crippen molar-refractivity contribution < 1.29 is 69.3 Å². The fourth-order valence-electron chi connectivity index (χ4n) is 5.23. The van der Waals surface area contributed by atoms with Gasteiger partial charge in [0.2, 0.25) is 6.29 Å². The normalized spacial score (nSPS) is 33.0. The van der Waals surface area contributed by atoms with Crippen LogP contribution < -0.4 is 14.9 Å². The van der Waals surface area contributed by atoms with Crippen molar-refractivity contribution in [2.45, 2.75) is 61.2 Å². The van der Waals surface area contributed by atoms with E-state index < -0.39 is 85.6 Å². The van der Waals surface area contributed by atoms with Gasteiger partial charge in [-0.1, -0.05) is 0 Å². The number of hydrogen-bond donors (Lipinski definition) is 9. The Kier molecular flexibility index (Phi) is 8.92. The number of aromatic hydroxyl groups is 1. The molecule has 1 aromatic heterocycles. The van der Waals surface area contributed by atoms with Gasteiger partial charge in [0.15, 0.2) is 11.0 Å². The van der Waals surface area contributed by atoms with E-state index in [9.17, 15) is 50.8 Å². The maximum atomic E-state index is 13.2. The van der Waals surface area contributed by atoms with E-state index in [-0.39, 0.29) is 33.8 Å². The standard InChI is InChI=1S/C28H32O15/c1-39-15-7-13(32)18-12(31)6-14(41-26(18)19(15)27-24(37)22(35)20(33)16(8-29)42-27)10-2-4-11(5-3-10)40-28-25(38)23(36)21(34)17(9-30)43-28/h2-7,16-17,20-25,27-30,32-38H,8-9H2,1H3/t16-,17-,20-,21-,22+,23+,24-,25+,27+,28-/m1/s1. The van der Waals surface area contributed by atoms with Crippen molar-refractivity contribution in [2.75, 3.05) is 20.3 Å². The number of aliphatic hydroxyl groups is 8. The van der Waals surface area contributed by atoms with Crippen molar-refractivity contribution in [3.63, 3.8) is 0 Å². The molecule has 2 fully saturated rings. The predicted molar refractivity (Wildman–Crippen MR) is 143 cm³/mol. The van der Waals surface area contributed by atoms with Crippen LogP contribution in [-0.4, -0.2) is 121 Å². The van der Waals surface area contributed by atoms with Crippen LogP contribution in [0.5, 0.6) is 17.2 Å². The molecule has 3 heterocycles. The molecule has 0 radical (unpaired) electrons. The number of phenols is 1. The minimum Gasteiger partial charge on any atom is -0.507 e. The summed E-state index contributed by atoms with van der Waals surface area (Å²) in [7, 11) is 1.25. The van der Waals surface area contributed by atoms with E-state index in [1.54, 1.807) is 0 Å². The van der Waals surface area contributed by atoms with E-state index in [0.29, 0.717) is 5.56 Å². The summed E-state index contributed by atoms with van der Waals surface area (Å²) in [5.74, 6) is -0.422. The molecular weight excluding hydrogens is 576 g/mol. The summed E-state index contributed by atoms with van der Waals surface area (Å²) >= 11 is 0. The van der Waals surface area contributed by atoms with Crippen molar-refractivity contribution in [3.05, 3.63) is 52.2 Å². The molecule has 0 saturated carbocycles. The lowest BCUT2D eigenvalue weighted by Crippen LogP contribution is -2.60. The predicted octanol–water partition coefficient (Wildman–Crippen LogP) is -2.13. The van der Waals surface area contributed by atoms with E-state index in [0.717, 1.165) is 12.1 Å². The lowest BCUT2D eigenvalue weighted by Gasteiger charge is -2.40. The Morgan fingerprint density at radius 2 is 1.40 bits per heavy atom. The Bertz CT molecular complexity index is 1490. The lowest BCUT2D eigenvalue weighted by molar-refractivity contribution is -0.277. The number of rotatable bonds is 7. The van der Waals surface area contributed by atoms with Crippen LogP contribution in [0.25, 0.3) is 22.3 Å². The molecule has 0 bridgehead atoms. The highest BCUT2D eigenvalue weighted by atomic mass is 16.7. The van der Waals surface area contributed by atoms with Crippen LogP contribution in [0.3, 0.4) is 0 Å². The second-order valence-corrected chi connectivity index (χ2v) is 10.3. The molecule has 43 heavy (non-hydrogen) atoms. The summed E-state index contributed by atoms with van der Waals surface area (Å²) in [6.45, 7) is -1.33. The van der Waals surface area contributed by atoms with Crippen molar-refractivity contribution in [1.29, 1.82) is 0 Å². The zero-order valence-electron chi connectivity index (χ0n) is 22.6. The van der Waals surface area contributed by atoms with Crippen LogP contribution >= 0.6 is 0 Å². The molecule has 2 saturated heterocycles. The van der Waals surface area contributed by atoms with Crippen molar-refractivity contribution >= 4 is 11.0 Å². The molecule has 5 rings (SSSR count). The van der Waals surface area contributed by atoms with Gasteiger partial charge in [-0.2, -0.15) is 0 Å². The fourth-order valence-corrected chi connectivity index (χ4v) is 5.23. The van der Waals surface area contributed by atoms with Gasteiger partial charge in [0.25, 0.3) is 0 Å². The van der Waals surface area contributed by atoms with Gasteiger partial charge in [-0.15, -0.1) is 0 Å². The second-order valence-electron chi connectivity index (χ2n) is 10.3. The van der Waals surface area contributed by atoms with Crippen LogP contribution in [0.15, 0.2) is 45.6 Å². The molecule has 0 aliphatic carbocycles. The molecular formula is C28H32O15. The van der Waals surface area contributed by atoms with E-state index >= 15 is 0 Å². The van der Waals surface area contributed by atoms with Crippen LogP contribution in [0.2, 0.25) is 0 Å². The first-order valence-electron chi connectivity index (χ1n) is 13.3. The van der Waals surface area contributed by atoms with Crippen molar-refractivity contribution in [1.82, 2.24) is 0 Å². The summed E-state index contributed by atoms with van der Waals surface area (Å²) in [5.41, 5.74) is -0.648. The Morgan fingerprint density at radius 3 is 2.00 bits per heavy atom.